The SMILES string of the molecule is Cc1ccc(-c2c([N+](=O)[O-])ccc(O)c2N)cc1C. The number of hydrogen-bond donors (Lipinski definition) is 2. The third-order valence-corrected chi connectivity index (χ3v) is 3.19. The van der Waals surface area contributed by atoms with Crippen LogP contribution in [-0.2, 0) is 0 Å². The van der Waals surface area contributed by atoms with E-state index in [-0.39, 0.29) is 22.7 Å². The molecule has 0 atom stereocenters. The van der Waals surface area contributed by atoms with Crippen LogP contribution in [0.4, 0.5) is 11.4 Å². The van der Waals surface area contributed by atoms with Gasteiger partial charge in [-0.05, 0) is 36.6 Å². The third-order valence-electron chi connectivity index (χ3n) is 3.19. The number of nitro groups is 1. The smallest absolute Gasteiger partial charge is 0.279 e. The predicted molar refractivity (Wildman–Crippen MR) is 74.1 cm³/mol. The molecule has 2 aromatic carbocycles. The Kier molecular flexibility index (Phi) is 3.12. The summed E-state index contributed by atoms with van der Waals surface area (Å²) in [5.41, 5.74) is 8.68. The van der Waals surface area contributed by atoms with Crippen molar-refractivity contribution in [3.8, 4) is 16.9 Å². The fourth-order valence-electron chi connectivity index (χ4n) is 1.95. The summed E-state index contributed by atoms with van der Waals surface area (Å²) in [6.45, 7) is 3.88. The van der Waals surface area contributed by atoms with Gasteiger partial charge in [0.25, 0.3) is 5.69 Å². The number of anilines is 1. The molecule has 0 heterocycles. The largest absolute Gasteiger partial charge is 0.506 e. The summed E-state index contributed by atoms with van der Waals surface area (Å²) in [5, 5.41) is 20.7. The van der Waals surface area contributed by atoms with Gasteiger partial charge in [-0.2, -0.15) is 0 Å². The summed E-state index contributed by atoms with van der Waals surface area (Å²) in [6, 6.07) is 7.96. The van der Waals surface area contributed by atoms with Crippen molar-refractivity contribution in [2.45, 2.75) is 13.8 Å². The summed E-state index contributed by atoms with van der Waals surface area (Å²) in [7, 11) is 0. The molecular weight excluding hydrogens is 244 g/mol. The van der Waals surface area contributed by atoms with E-state index in [0.717, 1.165) is 11.1 Å². The van der Waals surface area contributed by atoms with Gasteiger partial charge in [0.2, 0.25) is 0 Å². The molecular formula is C14H14N2O3. The van der Waals surface area contributed by atoms with Gasteiger partial charge >= 0.3 is 0 Å². The maximum absolute atomic E-state index is 11.1. The summed E-state index contributed by atoms with van der Waals surface area (Å²) in [6.07, 6.45) is 0. The van der Waals surface area contributed by atoms with Gasteiger partial charge in [0.1, 0.15) is 5.75 Å². The highest BCUT2D eigenvalue weighted by atomic mass is 16.6. The molecule has 0 fully saturated rings. The maximum Gasteiger partial charge on any atom is 0.279 e. The standard InChI is InChI=1S/C14H14N2O3/c1-8-3-4-10(7-9(8)2)13-11(16(18)19)5-6-12(17)14(13)15/h3-7,17H,15H2,1-2H3. The summed E-state index contributed by atoms with van der Waals surface area (Å²) < 4.78 is 0. The Balaban J connectivity index is 2.75. The van der Waals surface area contributed by atoms with Gasteiger partial charge in [-0.3, -0.25) is 10.1 Å². The van der Waals surface area contributed by atoms with Crippen LogP contribution in [0.1, 0.15) is 11.1 Å². The third kappa shape index (κ3) is 2.22. The Morgan fingerprint density at radius 3 is 2.42 bits per heavy atom. The fourth-order valence-corrected chi connectivity index (χ4v) is 1.95. The first-order chi connectivity index (χ1) is 8.91. The minimum Gasteiger partial charge on any atom is -0.506 e. The molecule has 5 heteroatoms. The van der Waals surface area contributed by atoms with Gasteiger partial charge in [-0.15, -0.1) is 0 Å². The zero-order valence-electron chi connectivity index (χ0n) is 10.7. The fraction of sp³-hybridized carbons (Fsp3) is 0.143. The Morgan fingerprint density at radius 1 is 1.16 bits per heavy atom. The van der Waals surface area contributed by atoms with Crippen LogP contribution in [-0.4, -0.2) is 10.0 Å². The number of phenols is 1. The van der Waals surface area contributed by atoms with Crippen molar-refractivity contribution in [1.29, 1.82) is 0 Å². The molecule has 5 nitrogen and oxygen atoms in total. The van der Waals surface area contributed by atoms with Crippen LogP contribution in [0.25, 0.3) is 11.1 Å². The summed E-state index contributed by atoms with van der Waals surface area (Å²) in [5.74, 6) is -0.154. The van der Waals surface area contributed by atoms with Gasteiger partial charge in [-0.1, -0.05) is 18.2 Å². The lowest BCUT2D eigenvalue weighted by atomic mass is 9.97. The van der Waals surface area contributed by atoms with Gasteiger partial charge in [0.05, 0.1) is 16.2 Å². The van der Waals surface area contributed by atoms with Crippen molar-refractivity contribution in [3.05, 3.63) is 51.6 Å². The molecule has 0 aliphatic rings. The molecule has 0 aliphatic heterocycles. The van der Waals surface area contributed by atoms with Crippen LogP contribution in [0.5, 0.6) is 5.75 Å². The Bertz CT molecular complexity index is 666. The van der Waals surface area contributed by atoms with E-state index in [2.05, 4.69) is 0 Å². The molecule has 2 aromatic rings. The van der Waals surface area contributed by atoms with E-state index in [1.54, 1.807) is 6.07 Å². The molecule has 0 unspecified atom stereocenters. The van der Waals surface area contributed by atoms with Crippen molar-refractivity contribution in [1.82, 2.24) is 0 Å². The minimum absolute atomic E-state index is 0.0254. The quantitative estimate of drug-likeness (QED) is 0.374. The lowest BCUT2D eigenvalue weighted by Gasteiger charge is -2.10. The van der Waals surface area contributed by atoms with Gasteiger partial charge < -0.3 is 10.8 Å². The first kappa shape index (κ1) is 12.9. The monoisotopic (exact) mass is 258 g/mol. The Morgan fingerprint density at radius 2 is 1.84 bits per heavy atom. The molecule has 0 saturated heterocycles. The van der Waals surface area contributed by atoms with Crippen molar-refractivity contribution >= 4 is 11.4 Å². The van der Waals surface area contributed by atoms with E-state index >= 15 is 0 Å². The lowest BCUT2D eigenvalue weighted by Crippen LogP contribution is -1.98. The van der Waals surface area contributed by atoms with E-state index in [1.165, 1.54) is 12.1 Å². The first-order valence-electron chi connectivity index (χ1n) is 5.75. The first-order valence-corrected chi connectivity index (χ1v) is 5.75. The van der Waals surface area contributed by atoms with Crippen LogP contribution in [0.2, 0.25) is 0 Å². The lowest BCUT2D eigenvalue weighted by molar-refractivity contribution is -0.384. The van der Waals surface area contributed by atoms with E-state index in [1.807, 2.05) is 26.0 Å². The molecule has 2 rings (SSSR count). The average molecular weight is 258 g/mol. The number of phenolic OH excluding ortho intramolecular Hbond substituents is 1. The minimum atomic E-state index is -0.500. The molecule has 0 spiro atoms. The highest BCUT2D eigenvalue weighted by Gasteiger charge is 2.20. The number of hydrogen-bond acceptors (Lipinski definition) is 4. The van der Waals surface area contributed by atoms with E-state index in [4.69, 9.17) is 5.73 Å². The average Bonchev–Trinajstić information content (AvgIpc) is 2.35. The van der Waals surface area contributed by atoms with Crippen molar-refractivity contribution in [2.24, 2.45) is 0 Å². The number of benzene rings is 2. The molecule has 3 N–H and O–H groups in total. The highest BCUT2D eigenvalue weighted by molar-refractivity contribution is 5.87. The number of rotatable bonds is 2. The number of nitrogens with two attached hydrogens (primary N) is 1. The molecule has 0 aromatic heterocycles. The van der Waals surface area contributed by atoms with Gasteiger partial charge in [-0.25, -0.2) is 0 Å². The molecule has 0 radical (unpaired) electrons. The molecule has 98 valence electrons. The molecule has 19 heavy (non-hydrogen) atoms. The van der Waals surface area contributed by atoms with Crippen LogP contribution in [0.15, 0.2) is 30.3 Å². The second-order valence-corrected chi connectivity index (χ2v) is 4.45. The Hall–Kier alpha value is -2.56. The molecule has 0 bridgehead atoms. The van der Waals surface area contributed by atoms with E-state index < -0.39 is 4.92 Å². The zero-order chi connectivity index (χ0) is 14.2. The van der Waals surface area contributed by atoms with Crippen molar-refractivity contribution in [3.63, 3.8) is 0 Å². The highest BCUT2D eigenvalue weighted by Crippen LogP contribution is 2.40. The van der Waals surface area contributed by atoms with Crippen molar-refractivity contribution < 1.29 is 10.0 Å². The number of nitro benzene ring substituents is 1. The van der Waals surface area contributed by atoms with Gasteiger partial charge in [0, 0.05) is 6.07 Å². The summed E-state index contributed by atoms with van der Waals surface area (Å²) in [4.78, 5) is 10.6. The van der Waals surface area contributed by atoms with Crippen LogP contribution in [0, 0.1) is 24.0 Å². The maximum atomic E-state index is 11.1. The zero-order valence-corrected chi connectivity index (χ0v) is 10.7. The van der Waals surface area contributed by atoms with E-state index in [0.29, 0.717) is 5.56 Å². The van der Waals surface area contributed by atoms with Crippen LogP contribution in [0.3, 0.4) is 0 Å². The topological polar surface area (TPSA) is 89.4 Å². The van der Waals surface area contributed by atoms with Crippen LogP contribution >= 0.6 is 0 Å². The summed E-state index contributed by atoms with van der Waals surface area (Å²) >= 11 is 0. The normalized spacial score (nSPS) is 10.4. The van der Waals surface area contributed by atoms with E-state index in [9.17, 15) is 15.2 Å². The second kappa shape index (κ2) is 4.61. The molecule has 0 aliphatic carbocycles. The Labute approximate surface area is 110 Å². The van der Waals surface area contributed by atoms with Crippen LogP contribution < -0.4 is 5.73 Å². The second-order valence-electron chi connectivity index (χ2n) is 4.45. The van der Waals surface area contributed by atoms with Gasteiger partial charge in [0.15, 0.2) is 0 Å². The number of nitrogen functional groups attached to an aromatic ring is 1. The molecule has 0 saturated carbocycles. The van der Waals surface area contributed by atoms with Crippen molar-refractivity contribution in [2.75, 3.05) is 5.73 Å². The number of aryl methyl sites for hydroxylation is 2. The molecule has 0 amide bonds. The number of nitrogens with zero attached hydrogens (tertiary/aromatic N) is 1. The predicted octanol–water partition coefficient (Wildman–Crippen LogP) is 3.17. The number of aromatic hydroxyl groups is 1.